The molecule has 0 heterocycles. The van der Waals surface area contributed by atoms with Gasteiger partial charge in [0.25, 0.3) is 0 Å². The smallest absolute Gasteiger partial charge is 0.157 e. The van der Waals surface area contributed by atoms with E-state index in [1.165, 1.54) is 6.07 Å². The van der Waals surface area contributed by atoms with E-state index in [-0.39, 0.29) is 17.2 Å². The number of halogens is 2. The van der Waals surface area contributed by atoms with Crippen molar-refractivity contribution >= 4 is 17.4 Å². The number of Topliss-reactive ketones (excluding diaryl/α,β-unsaturated/α-hetero) is 1. The van der Waals surface area contributed by atoms with Crippen LogP contribution in [0.2, 0.25) is 5.02 Å². The van der Waals surface area contributed by atoms with Crippen LogP contribution >= 0.6 is 11.6 Å². The Morgan fingerprint density at radius 1 is 1.41 bits per heavy atom. The number of hydrogen-bond donors (Lipinski definition) is 1. The molecule has 1 rings (SSSR count). The quantitative estimate of drug-likeness (QED) is 0.881. The highest BCUT2D eigenvalue weighted by Gasteiger charge is 2.29. The Hall–Kier alpha value is -0.930. The number of carbonyl (C=O) groups is 1. The average molecular weight is 258 g/mol. The molecule has 0 saturated carbocycles. The summed E-state index contributed by atoms with van der Waals surface area (Å²) in [6, 6.07) is 4.46. The second kappa shape index (κ2) is 5.61. The monoisotopic (exact) mass is 257 g/mol. The maximum Gasteiger partial charge on any atom is 0.157 e. The Morgan fingerprint density at radius 2 is 2.00 bits per heavy atom. The molecule has 0 bridgehead atoms. The van der Waals surface area contributed by atoms with E-state index in [9.17, 15) is 9.18 Å². The minimum absolute atomic E-state index is 0.00964. The molecule has 0 fully saturated rings. The molecule has 0 spiro atoms. The van der Waals surface area contributed by atoms with Crippen LogP contribution in [0.15, 0.2) is 18.2 Å². The molecule has 2 N–H and O–H groups in total. The highest BCUT2D eigenvalue weighted by molar-refractivity contribution is 6.31. The predicted molar refractivity (Wildman–Crippen MR) is 67.6 cm³/mol. The molecule has 4 heteroatoms. The molecule has 0 aliphatic heterocycles. The van der Waals surface area contributed by atoms with Crippen molar-refractivity contribution in [2.45, 2.75) is 38.6 Å². The first-order chi connectivity index (χ1) is 7.94. The molecule has 0 radical (unpaired) electrons. The molecular weight excluding hydrogens is 241 g/mol. The molecule has 0 unspecified atom stereocenters. The van der Waals surface area contributed by atoms with Gasteiger partial charge < -0.3 is 5.73 Å². The Kier molecular flexibility index (Phi) is 4.66. The molecule has 0 aliphatic carbocycles. The van der Waals surface area contributed by atoms with E-state index in [0.29, 0.717) is 18.4 Å². The van der Waals surface area contributed by atoms with E-state index in [0.717, 1.165) is 0 Å². The molecular formula is C13H17ClFNO. The maximum atomic E-state index is 13.2. The largest absolute Gasteiger partial charge is 0.319 e. The predicted octanol–water partition coefficient (Wildman–Crippen LogP) is 3.11. The third-order valence-electron chi connectivity index (χ3n) is 3.20. The Balaban J connectivity index is 2.92. The molecule has 17 heavy (non-hydrogen) atoms. The van der Waals surface area contributed by atoms with Crippen LogP contribution in [0.5, 0.6) is 0 Å². The van der Waals surface area contributed by atoms with Crippen LogP contribution in [0.3, 0.4) is 0 Å². The second-order valence-corrected chi connectivity index (χ2v) is 4.55. The summed E-state index contributed by atoms with van der Waals surface area (Å²) in [6.45, 7) is 3.74. The van der Waals surface area contributed by atoms with Gasteiger partial charge in [-0.25, -0.2) is 4.39 Å². The van der Waals surface area contributed by atoms with Crippen LogP contribution < -0.4 is 5.73 Å². The van der Waals surface area contributed by atoms with E-state index in [1.54, 1.807) is 12.1 Å². The Morgan fingerprint density at radius 3 is 2.53 bits per heavy atom. The standard InChI is InChI=1S/C13H17ClFNO/c1-3-13(16,4-2)11(17)8-9-6-5-7-10(15)12(9)14/h5-7H,3-4,8,16H2,1-2H3. The van der Waals surface area contributed by atoms with Crippen LogP contribution in [0.25, 0.3) is 0 Å². The zero-order chi connectivity index (χ0) is 13.1. The number of hydrogen-bond acceptors (Lipinski definition) is 2. The zero-order valence-electron chi connectivity index (χ0n) is 10.1. The van der Waals surface area contributed by atoms with Crippen LogP contribution in [-0.4, -0.2) is 11.3 Å². The van der Waals surface area contributed by atoms with Gasteiger partial charge in [-0.05, 0) is 24.5 Å². The van der Waals surface area contributed by atoms with E-state index >= 15 is 0 Å². The molecule has 0 saturated heterocycles. The summed E-state index contributed by atoms with van der Waals surface area (Å²) >= 11 is 5.81. The van der Waals surface area contributed by atoms with Crippen molar-refractivity contribution in [3.8, 4) is 0 Å². The molecule has 0 amide bonds. The van der Waals surface area contributed by atoms with Crippen molar-refractivity contribution in [2.24, 2.45) is 5.73 Å². The summed E-state index contributed by atoms with van der Waals surface area (Å²) in [5.74, 6) is -0.609. The number of nitrogens with two attached hydrogens (primary N) is 1. The van der Waals surface area contributed by atoms with Crippen molar-refractivity contribution in [2.75, 3.05) is 0 Å². The lowest BCUT2D eigenvalue weighted by molar-refractivity contribution is -0.123. The van der Waals surface area contributed by atoms with E-state index < -0.39 is 11.4 Å². The van der Waals surface area contributed by atoms with Gasteiger partial charge in [-0.1, -0.05) is 37.6 Å². The maximum absolute atomic E-state index is 13.2. The number of ketones is 1. The van der Waals surface area contributed by atoms with Gasteiger partial charge in [0.15, 0.2) is 5.78 Å². The Labute approximate surface area is 106 Å². The summed E-state index contributed by atoms with van der Waals surface area (Å²) in [7, 11) is 0. The first-order valence-electron chi connectivity index (χ1n) is 5.69. The van der Waals surface area contributed by atoms with Crippen molar-refractivity contribution < 1.29 is 9.18 Å². The summed E-state index contributed by atoms with van der Waals surface area (Å²) in [5, 5.41) is 0.00964. The second-order valence-electron chi connectivity index (χ2n) is 4.18. The number of benzene rings is 1. The van der Waals surface area contributed by atoms with Crippen LogP contribution in [0.4, 0.5) is 4.39 Å². The molecule has 0 aromatic heterocycles. The summed E-state index contributed by atoms with van der Waals surface area (Å²) in [5.41, 5.74) is 5.65. The highest BCUT2D eigenvalue weighted by atomic mass is 35.5. The van der Waals surface area contributed by atoms with Gasteiger partial charge in [-0.2, -0.15) is 0 Å². The lowest BCUT2D eigenvalue weighted by atomic mass is 9.86. The Bertz CT molecular complexity index is 416. The summed E-state index contributed by atoms with van der Waals surface area (Å²) in [4.78, 5) is 12.1. The molecule has 2 nitrogen and oxygen atoms in total. The van der Waals surface area contributed by atoms with E-state index in [1.807, 2.05) is 13.8 Å². The van der Waals surface area contributed by atoms with Gasteiger partial charge in [0.2, 0.25) is 0 Å². The lowest BCUT2D eigenvalue weighted by Crippen LogP contribution is -2.47. The van der Waals surface area contributed by atoms with Crippen LogP contribution in [0, 0.1) is 5.82 Å². The molecule has 1 aromatic carbocycles. The van der Waals surface area contributed by atoms with E-state index in [4.69, 9.17) is 17.3 Å². The first-order valence-corrected chi connectivity index (χ1v) is 6.07. The fourth-order valence-corrected chi connectivity index (χ4v) is 1.87. The summed E-state index contributed by atoms with van der Waals surface area (Å²) in [6.07, 6.45) is 1.21. The van der Waals surface area contributed by atoms with Gasteiger partial charge in [-0.3, -0.25) is 4.79 Å². The minimum Gasteiger partial charge on any atom is -0.319 e. The topological polar surface area (TPSA) is 43.1 Å². The van der Waals surface area contributed by atoms with Gasteiger partial charge in [0.05, 0.1) is 10.6 Å². The van der Waals surface area contributed by atoms with Gasteiger partial charge >= 0.3 is 0 Å². The van der Waals surface area contributed by atoms with Crippen molar-refractivity contribution in [3.63, 3.8) is 0 Å². The van der Waals surface area contributed by atoms with Crippen LogP contribution in [0.1, 0.15) is 32.3 Å². The van der Waals surface area contributed by atoms with Gasteiger partial charge in [0, 0.05) is 6.42 Å². The first kappa shape index (κ1) is 14.1. The molecule has 0 atom stereocenters. The highest BCUT2D eigenvalue weighted by Crippen LogP contribution is 2.23. The molecule has 0 aliphatic rings. The van der Waals surface area contributed by atoms with E-state index in [2.05, 4.69) is 0 Å². The minimum atomic E-state index is -0.838. The molecule has 1 aromatic rings. The van der Waals surface area contributed by atoms with Crippen molar-refractivity contribution in [1.29, 1.82) is 0 Å². The zero-order valence-corrected chi connectivity index (χ0v) is 10.9. The number of carbonyl (C=O) groups excluding carboxylic acids is 1. The normalized spacial score (nSPS) is 11.6. The fraction of sp³-hybridized carbons (Fsp3) is 0.462. The molecule has 94 valence electrons. The SMILES string of the molecule is CCC(N)(CC)C(=O)Cc1cccc(F)c1Cl. The van der Waals surface area contributed by atoms with Gasteiger partial charge in [0.1, 0.15) is 5.82 Å². The third kappa shape index (κ3) is 3.05. The average Bonchev–Trinajstić information content (AvgIpc) is 2.33. The summed E-state index contributed by atoms with van der Waals surface area (Å²) < 4.78 is 13.2. The number of rotatable bonds is 5. The third-order valence-corrected chi connectivity index (χ3v) is 3.62. The fourth-order valence-electron chi connectivity index (χ4n) is 1.68. The lowest BCUT2D eigenvalue weighted by Gasteiger charge is -2.25. The van der Waals surface area contributed by atoms with Crippen molar-refractivity contribution in [3.05, 3.63) is 34.6 Å². The van der Waals surface area contributed by atoms with Crippen molar-refractivity contribution in [1.82, 2.24) is 0 Å². The van der Waals surface area contributed by atoms with Crippen LogP contribution in [-0.2, 0) is 11.2 Å². The van der Waals surface area contributed by atoms with Gasteiger partial charge in [-0.15, -0.1) is 0 Å².